The largest absolute Gasteiger partial charge is 0.467 e. The lowest BCUT2D eigenvalue weighted by Gasteiger charge is -2.17. The van der Waals surface area contributed by atoms with Crippen LogP contribution in [0.2, 0.25) is 0 Å². The van der Waals surface area contributed by atoms with Gasteiger partial charge in [-0.1, -0.05) is 12.1 Å². The molecule has 0 unspecified atom stereocenters. The topological polar surface area (TPSA) is 137 Å². The van der Waals surface area contributed by atoms with E-state index in [4.69, 9.17) is 4.74 Å². The minimum Gasteiger partial charge on any atom is -0.467 e. The molecular weight excluding hydrogens is 382 g/mol. The predicted octanol–water partition coefficient (Wildman–Crippen LogP) is 2.29. The summed E-state index contributed by atoms with van der Waals surface area (Å²) in [5, 5.41) is 15.8. The number of rotatable bonds is 7. The quantitative estimate of drug-likeness (QED) is 0.412. The van der Waals surface area contributed by atoms with Gasteiger partial charge < -0.3 is 14.8 Å². The van der Waals surface area contributed by atoms with Crippen LogP contribution in [0, 0.1) is 10.1 Å². The van der Waals surface area contributed by atoms with Crippen molar-refractivity contribution in [1.82, 2.24) is 5.32 Å². The Balaban J connectivity index is 2.09. The Hall–Kier alpha value is -3.95. The number of ether oxygens (including phenoxy) is 2. The van der Waals surface area contributed by atoms with Crippen molar-refractivity contribution >= 4 is 29.3 Å². The molecule has 10 heteroatoms. The minimum atomic E-state index is -0.984. The van der Waals surface area contributed by atoms with Crippen molar-refractivity contribution in [3.05, 3.63) is 69.8 Å². The smallest absolute Gasteiger partial charge is 0.411 e. The summed E-state index contributed by atoms with van der Waals surface area (Å²) in [4.78, 5) is 45.9. The Bertz CT molecular complexity index is 895. The maximum Gasteiger partial charge on any atom is 0.411 e. The Labute approximate surface area is 166 Å². The molecule has 0 spiro atoms. The van der Waals surface area contributed by atoms with Gasteiger partial charge in [0.1, 0.15) is 6.04 Å². The number of hydrogen-bond acceptors (Lipinski definition) is 7. The van der Waals surface area contributed by atoms with Crippen molar-refractivity contribution in [3.63, 3.8) is 0 Å². The monoisotopic (exact) mass is 401 g/mol. The molecule has 0 aliphatic rings. The van der Waals surface area contributed by atoms with Crippen molar-refractivity contribution in [3.8, 4) is 0 Å². The van der Waals surface area contributed by atoms with Gasteiger partial charge in [0.25, 0.3) is 11.6 Å². The first-order valence-electron chi connectivity index (χ1n) is 8.41. The van der Waals surface area contributed by atoms with Crippen LogP contribution in [0.25, 0.3) is 0 Å². The summed E-state index contributed by atoms with van der Waals surface area (Å²) in [6.07, 6.45) is -0.547. The highest BCUT2D eigenvalue weighted by atomic mass is 16.6. The number of nitro groups is 1. The molecule has 0 saturated heterocycles. The molecule has 2 aromatic rings. The highest BCUT2D eigenvalue weighted by Crippen LogP contribution is 2.14. The number of amides is 2. The molecule has 0 bridgehead atoms. The zero-order valence-electron chi connectivity index (χ0n) is 15.7. The molecule has 0 saturated carbocycles. The Kier molecular flexibility index (Phi) is 7.24. The molecule has 2 rings (SSSR count). The maximum atomic E-state index is 12.5. The van der Waals surface area contributed by atoms with Crippen molar-refractivity contribution in [2.75, 3.05) is 19.5 Å². The van der Waals surface area contributed by atoms with E-state index in [0.29, 0.717) is 11.3 Å². The fourth-order valence-corrected chi connectivity index (χ4v) is 2.44. The standard InChI is InChI=1S/C19H19N3O7/c1-28-18(24)16(11-12-3-9-15(10-4-12)22(26)27)21-17(23)13-5-7-14(8-6-13)20-19(25)29-2/h3-10,16H,11H2,1-2H3,(H,20,25)(H,21,23)/t16-/m0/s1. The molecule has 0 aliphatic heterocycles. The molecule has 29 heavy (non-hydrogen) atoms. The van der Waals surface area contributed by atoms with Crippen LogP contribution in [0.5, 0.6) is 0 Å². The zero-order chi connectivity index (χ0) is 21.4. The van der Waals surface area contributed by atoms with Crippen molar-refractivity contribution in [1.29, 1.82) is 0 Å². The second kappa shape index (κ2) is 9.83. The van der Waals surface area contributed by atoms with Crippen LogP contribution in [0.3, 0.4) is 0 Å². The molecule has 0 radical (unpaired) electrons. The number of benzene rings is 2. The van der Waals surface area contributed by atoms with E-state index in [0.717, 1.165) is 0 Å². The van der Waals surface area contributed by atoms with E-state index in [1.807, 2.05) is 0 Å². The summed E-state index contributed by atoms with van der Waals surface area (Å²) < 4.78 is 9.22. The molecule has 0 aliphatic carbocycles. The van der Waals surface area contributed by atoms with Gasteiger partial charge in [-0.15, -0.1) is 0 Å². The van der Waals surface area contributed by atoms with E-state index in [9.17, 15) is 24.5 Å². The average molecular weight is 401 g/mol. The fraction of sp³-hybridized carbons (Fsp3) is 0.211. The van der Waals surface area contributed by atoms with E-state index in [1.165, 1.54) is 62.8 Å². The number of anilines is 1. The molecule has 1 atom stereocenters. The summed E-state index contributed by atoms with van der Waals surface area (Å²) in [6.45, 7) is 0. The lowest BCUT2D eigenvalue weighted by atomic mass is 10.0. The van der Waals surface area contributed by atoms with Gasteiger partial charge in [0.15, 0.2) is 0 Å². The van der Waals surface area contributed by atoms with E-state index in [1.54, 1.807) is 0 Å². The Morgan fingerprint density at radius 1 is 1.00 bits per heavy atom. The van der Waals surface area contributed by atoms with Crippen molar-refractivity contribution in [2.24, 2.45) is 0 Å². The molecule has 0 aromatic heterocycles. The van der Waals surface area contributed by atoms with Crippen LogP contribution in [0.1, 0.15) is 15.9 Å². The number of nitrogens with one attached hydrogen (secondary N) is 2. The number of hydrogen-bond donors (Lipinski definition) is 2. The van der Waals surface area contributed by atoms with Gasteiger partial charge in [-0.3, -0.25) is 20.2 Å². The third-order valence-corrected chi connectivity index (χ3v) is 3.96. The normalized spacial score (nSPS) is 11.1. The molecule has 2 N–H and O–H groups in total. The van der Waals surface area contributed by atoms with E-state index < -0.39 is 28.9 Å². The summed E-state index contributed by atoms with van der Waals surface area (Å²) in [5.74, 6) is -1.17. The number of esters is 1. The van der Waals surface area contributed by atoms with Crippen LogP contribution in [-0.4, -0.2) is 43.2 Å². The summed E-state index contributed by atoms with van der Waals surface area (Å²) >= 11 is 0. The number of non-ortho nitro benzene ring substituents is 1. The van der Waals surface area contributed by atoms with Crippen LogP contribution in [-0.2, 0) is 20.7 Å². The van der Waals surface area contributed by atoms with Gasteiger partial charge in [-0.2, -0.15) is 0 Å². The third kappa shape index (κ3) is 6.03. The van der Waals surface area contributed by atoms with E-state index in [-0.39, 0.29) is 17.7 Å². The zero-order valence-corrected chi connectivity index (χ0v) is 15.7. The van der Waals surface area contributed by atoms with E-state index in [2.05, 4.69) is 15.4 Å². The lowest BCUT2D eigenvalue weighted by molar-refractivity contribution is -0.384. The predicted molar refractivity (Wildman–Crippen MR) is 103 cm³/mol. The summed E-state index contributed by atoms with van der Waals surface area (Å²) in [7, 11) is 2.43. The molecule has 2 aromatic carbocycles. The van der Waals surface area contributed by atoms with Crippen LogP contribution in [0.15, 0.2) is 48.5 Å². The molecule has 0 heterocycles. The SMILES string of the molecule is COC(=O)Nc1ccc(C(=O)N[C@@H](Cc2ccc([N+](=O)[O-])cc2)C(=O)OC)cc1. The van der Waals surface area contributed by atoms with Gasteiger partial charge in [-0.25, -0.2) is 9.59 Å². The molecule has 2 amide bonds. The maximum absolute atomic E-state index is 12.5. The van der Waals surface area contributed by atoms with Crippen LogP contribution in [0.4, 0.5) is 16.2 Å². The summed E-state index contributed by atoms with van der Waals surface area (Å²) in [5.41, 5.74) is 1.23. The van der Waals surface area contributed by atoms with Crippen molar-refractivity contribution < 1.29 is 28.8 Å². The number of nitro benzene ring substituents is 1. The Morgan fingerprint density at radius 3 is 2.14 bits per heavy atom. The highest BCUT2D eigenvalue weighted by molar-refractivity contribution is 5.97. The number of methoxy groups -OCH3 is 2. The first-order chi connectivity index (χ1) is 13.8. The molecule has 152 valence electrons. The lowest BCUT2D eigenvalue weighted by Crippen LogP contribution is -2.43. The Morgan fingerprint density at radius 2 is 1.62 bits per heavy atom. The molecule has 10 nitrogen and oxygen atoms in total. The highest BCUT2D eigenvalue weighted by Gasteiger charge is 2.23. The molecule has 0 fully saturated rings. The first-order valence-corrected chi connectivity index (χ1v) is 8.41. The molecular formula is C19H19N3O7. The van der Waals surface area contributed by atoms with E-state index >= 15 is 0 Å². The second-order valence-electron chi connectivity index (χ2n) is 5.87. The van der Waals surface area contributed by atoms with Gasteiger partial charge in [0.2, 0.25) is 0 Å². The van der Waals surface area contributed by atoms with Crippen LogP contribution < -0.4 is 10.6 Å². The van der Waals surface area contributed by atoms with Gasteiger partial charge in [-0.05, 0) is 29.8 Å². The number of carbonyl (C=O) groups excluding carboxylic acids is 3. The van der Waals surface area contributed by atoms with Crippen LogP contribution >= 0.6 is 0 Å². The third-order valence-electron chi connectivity index (χ3n) is 3.96. The number of carbonyl (C=O) groups is 3. The van der Waals surface area contributed by atoms with Gasteiger partial charge in [0, 0.05) is 29.8 Å². The second-order valence-corrected chi connectivity index (χ2v) is 5.87. The minimum absolute atomic E-state index is 0.0759. The summed E-state index contributed by atoms with van der Waals surface area (Å²) in [6, 6.07) is 10.6. The number of nitrogens with zero attached hydrogens (tertiary/aromatic N) is 1. The first kappa shape index (κ1) is 21.4. The average Bonchev–Trinajstić information content (AvgIpc) is 2.73. The van der Waals surface area contributed by atoms with Gasteiger partial charge in [0.05, 0.1) is 19.1 Å². The fourth-order valence-electron chi connectivity index (χ4n) is 2.44. The van der Waals surface area contributed by atoms with Crippen molar-refractivity contribution in [2.45, 2.75) is 12.5 Å². The van der Waals surface area contributed by atoms with Gasteiger partial charge >= 0.3 is 12.1 Å².